The van der Waals surface area contributed by atoms with Crippen LogP contribution in [0.25, 0.3) is 0 Å². The van der Waals surface area contributed by atoms with Crippen LogP contribution in [0.15, 0.2) is 22.7 Å². The van der Waals surface area contributed by atoms with Crippen LogP contribution in [0.5, 0.6) is 0 Å². The van der Waals surface area contributed by atoms with Crippen molar-refractivity contribution in [2.75, 3.05) is 49.3 Å². The molecule has 0 spiro atoms. The van der Waals surface area contributed by atoms with E-state index < -0.39 is 0 Å². The van der Waals surface area contributed by atoms with Crippen molar-refractivity contribution in [1.82, 2.24) is 15.1 Å². The summed E-state index contributed by atoms with van der Waals surface area (Å²) >= 11 is 5.47. The number of nitrogens with one attached hydrogen (secondary N) is 1. The van der Waals surface area contributed by atoms with Gasteiger partial charge >= 0.3 is 0 Å². The summed E-state index contributed by atoms with van der Waals surface area (Å²) in [4.78, 5) is 20.0. The number of benzene rings is 1. The second kappa shape index (κ2) is 8.17. The van der Waals surface area contributed by atoms with Crippen LogP contribution in [0, 0.1) is 0 Å². The largest absolute Gasteiger partial charge is 0.368 e. The minimum atomic E-state index is 0.0327. The number of fused-ring (bicyclic) bond motifs is 1. The Morgan fingerprint density at radius 2 is 2.00 bits per heavy atom. The van der Waals surface area contributed by atoms with Gasteiger partial charge in [-0.2, -0.15) is 0 Å². The maximum atomic E-state index is 12.7. The number of carbonyl (C=O) groups excluding carboxylic acids is 1. The first kappa shape index (κ1) is 19.2. The Morgan fingerprint density at radius 1 is 1.14 bits per heavy atom. The van der Waals surface area contributed by atoms with Crippen LogP contribution in [0.2, 0.25) is 0 Å². The molecule has 0 unspecified atom stereocenters. The molecule has 0 saturated carbocycles. The normalized spacial score (nSPS) is 28.9. The highest BCUT2D eigenvalue weighted by Gasteiger charge is 2.38. The highest BCUT2D eigenvalue weighted by atomic mass is 79.9. The summed E-state index contributed by atoms with van der Waals surface area (Å²) in [6, 6.07) is 7.95. The van der Waals surface area contributed by atoms with Crippen LogP contribution in [-0.4, -0.2) is 78.2 Å². The predicted octanol–water partition coefficient (Wildman–Crippen LogP) is 2.54. The standard InChI is InChI=1S/C21H29BrN4OS/c22-16-1-2-20-15(11-16)3-8-26(20)17-4-6-24(7-5-17)18-12-19(23-13-18)21(27)25-9-10-28-14-25/h1-2,11,17-19,23H,3-10,12-14H2/t18-,19-/m0/s1. The lowest BCUT2D eigenvalue weighted by molar-refractivity contribution is -0.131. The molecule has 5 rings (SSSR count). The van der Waals surface area contributed by atoms with Crippen molar-refractivity contribution in [3.05, 3.63) is 28.2 Å². The number of halogens is 1. The van der Waals surface area contributed by atoms with Gasteiger partial charge in [0.2, 0.25) is 5.91 Å². The summed E-state index contributed by atoms with van der Waals surface area (Å²) in [5.74, 6) is 2.29. The van der Waals surface area contributed by atoms with Crippen LogP contribution in [0.3, 0.4) is 0 Å². The van der Waals surface area contributed by atoms with Gasteiger partial charge < -0.3 is 15.1 Å². The summed E-state index contributed by atoms with van der Waals surface area (Å²) < 4.78 is 1.19. The molecule has 3 saturated heterocycles. The van der Waals surface area contributed by atoms with Crippen LogP contribution < -0.4 is 10.2 Å². The molecule has 1 aromatic rings. The summed E-state index contributed by atoms with van der Waals surface area (Å²) in [5.41, 5.74) is 2.93. The Labute approximate surface area is 180 Å². The number of thioether (sulfide) groups is 1. The SMILES string of the molecule is O=C([C@@H]1C[C@H](N2CCC(N3CCc4cc(Br)ccc43)CC2)CN1)N1CCSC1. The average Bonchev–Trinajstić information content (AvgIpc) is 3.47. The Kier molecular flexibility index (Phi) is 5.61. The summed E-state index contributed by atoms with van der Waals surface area (Å²) in [7, 11) is 0. The van der Waals surface area contributed by atoms with E-state index in [2.05, 4.69) is 49.2 Å². The van der Waals surface area contributed by atoms with Gasteiger partial charge in [-0.1, -0.05) is 15.9 Å². The molecule has 0 aromatic heterocycles. The molecule has 1 N–H and O–H groups in total. The van der Waals surface area contributed by atoms with Crippen molar-refractivity contribution >= 4 is 39.3 Å². The molecule has 1 amide bonds. The van der Waals surface area contributed by atoms with Gasteiger partial charge in [0, 0.05) is 60.7 Å². The number of rotatable bonds is 3. The first-order valence-electron chi connectivity index (χ1n) is 10.6. The van der Waals surface area contributed by atoms with Gasteiger partial charge in [-0.05, 0) is 49.4 Å². The van der Waals surface area contributed by atoms with Crippen LogP contribution in [-0.2, 0) is 11.2 Å². The minimum absolute atomic E-state index is 0.0327. The van der Waals surface area contributed by atoms with E-state index in [0.717, 1.165) is 50.8 Å². The van der Waals surface area contributed by atoms with Gasteiger partial charge in [-0.3, -0.25) is 9.69 Å². The fraction of sp³-hybridized carbons (Fsp3) is 0.667. The van der Waals surface area contributed by atoms with Gasteiger partial charge in [0.15, 0.2) is 0 Å². The number of amides is 1. The van der Waals surface area contributed by atoms with Crippen LogP contribution in [0.1, 0.15) is 24.8 Å². The van der Waals surface area contributed by atoms with Crippen molar-refractivity contribution < 1.29 is 4.79 Å². The molecule has 4 aliphatic rings. The quantitative estimate of drug-likeness (QED) is 0.743. The molecule has 0 radical (unpaired) electrons. The Morgan fingerprint density at radius 3 is 2.79 bits per heavy atom. The zero-order valence-corrected chi connectivity index (χ0v) is 18.7. The van der Waals surface area contributed by atoms with Crippen LogP contribution >= 0.6 is 27.7 Å². The fourth-order valence-electron chi connectivity index (χ4n) is 5.33. The number of hydrogen-bond acceptors (Lipinski definition) is 5. The monoisotopic (exact) mass is 464 g/mol. The second-order valence-corrected chi connectivity index (χ2v) is 10.5. The van der Waals surface area contributed by atoms with Gasteiger partial charge in [-0.25, -0.2) is 0 Å². The van der Waals surface area contributed by atoms with E-state index in [0.29, 0.717) is 18.0 Å². The van der Waals surface area contributed by atoms with Crippen molar-refractivity contribution in [2.45, 2.75) is 43.8 Å². The molecule has 4 aliphatic heterocycles. The lowest BCUT2D eigenvalue weighted by Crippen LogP contribution is -2.48. The minimum Gasteiger partial charge on any atom is -0.368 e. The first-order chi connectivity index (χ1) is 13.7. The zero-order chi connectivity index (χ0) is 19.1. The van der Waals surface area contributed by atoms with E-state index in [-0.39, 0.29) is 6.04 Å². The van der Waals surface area contributed by atoms with E-state index in [1.165, 1.54) is 35.0 Å². The molecule has 2 atom stereocenters. The van der Waals surface area contributed by atoms with Gasteiger partial charge in [0.1, 0.15) is 0 Å². The maximum absolute atomic E-state index is 12.7. The predicted molar refractivity (Wildman–Crippen MR) is 119 cm³/mol. The number of carbonyl (C=O) groups is 1. The maximum Gasteiger partial charge on any atom is 0.240 e. The number of hydrogen-bond donors (Lipinski definition) is 1. The van der Waals surface area contributed by atoms with E-state index >= 15 is 0 Å². The lowest BCUT2D eigenvalue weighted by Gasteiger charge is -2.40. The Bertz CT molecular complexity index is 733. The number of piperidine rings is 1. The summed E-state index contributed by atoms with van der Waals surface area (Å²) in [6.45, 7) is 5.35. The third kappa shape index (κ3) is 3.71. The van der Waals surface area contributed by atoms with Crippen molar-refractivity contribution in [3.63, 3.8) is 0 Å². The molecule has 5 nitrogen and oxygen atoms in total. The summed E-state index contributed by atoms with van der Waals surface area (Å²) in [6.07, 6.45) is 4.60. The molecule has 152 valence electrons. The fourth-order valence-corrected chi connectivity index (χ4v) is 6.69. The molecular formula is C21H29BrN4OS. The zero-order valence-electron chi connectivity index (χ0n) is 16.3. The molecule has 0 bridgehead atoms. The van der Waals surface area contributed by atoms with E-state index in [1.54, 1.807) is 0 Å². The van der Waals surface area contributed by atoms with Gasteiger partial charge in [0.25, 0.3) is 0 Å². The average molecular weight is 465 g/mol. The highest BCUT2D eigenvalue weighted by molar-refractivity contribution is 9.10. The number of anilines is 1. The summed E-state index contributed by atoms with van der Waals surface area (Å²) in [5, 5.41) is 3.51. The topological polar surface area (TPSA) is 38.8 Å². The molecule has 7 heteroatoms. The Hall–Kier alpha value is -0.760. The van der Waals surface area contributed by atoms with Crippen molar-refractivity contribution in [1.29, 1.82) is 0 Å². The molecule has 0 aliphatic carbocycles. The molecule has 28 heavy (non-hydrogen) atoms. The van der Waals surface area contributed by atoms with Crippen molar-refractivity contribution in [2.24, 2.45) is 0 Å². The van der Waals surface area contributed by atoms with Crippen LogP contribution in [0.4, 0.5) is 5.69 Å². The highest BCUT2D eigenvalue weighted by Crippen LogP contribution is 2.35. The number of likely N-dealkylation sites (tertiary alicyclic amines) is 1. The van der Waals surface area contributed by atoms with Crippen molar-refractivity contribution in [3.8, 4) is 0 Å². The Balaban J connectivity index is 1.15. The van der Waals surface area contributed by atoms with Gasteiger partial charge in [-0.15, -0.1) is 11.8 Å². The third-order valence-corrected chi connectivity index (χ3v) is 8.36. The lowest BCUT2D eigenvalue weighted by atomic mass is 10.00. The van der Waals surface area contributed by atoms with E-state index in [9.17, 15) is 4.79 Å². The second-order valence-electron chi connectivity index (χ2n) is 8.47. The molecule has 4 heterocycles. The smallest absolute Gasteiger partial charge is 0.240 e. The molecule has 1 aromatic carbocycles. The van der Waals surface area contributed by atoms with Gasteiger partial charge in [0.05, 0.1) is 11.9 Å². The number of nitrogens with zero attached hydrogens (tertiary/aromatic N) is 3. The molecular weight excluding hydrogens is 436 g/mol. The molecule has 3 fully saturated rings. The first-order valence-corrected chi connectivity index (χ1v) is 12.5. The van der Waals surface area contributed by atoms with E-state index in [1.807, 2.05) is 16.7 Å². The van der Waals surface area contributed by atoms with E-state index in [4.69, 9.17) is 0 Å². The third-order valence-electron chi connectivity index (χ3n) is 6.90.